The summed E-state index contributed by atoms with van der Waals surface area (Å²) in [5.74, 6) is -0.446. The van der Waals surface area contributed by atoms with Gasteiger partial charge in [0.25, 0.3) is 0 Å². The van der Waals surface area contributed by atoms with Crippen LogP contribution >= 0.6 is 11.6 Å². The van der Waals surface area contributed by atoms with Gasteiger partial charge in [-0.3, -0.25) is 4.98 Å². The van der Waals surface area contributed by atoms with Gasteiger partial charge in [0.2, 0.25) is 6.79 Å². The lowest BCUT2D eigenvalue weighted by Gasteiger charge is -2.10. The highest BCUT2D eigenvalue weighted by Gasteiger charge is 2.12. The zero-order valence-corrected chi connectivity index (χ0v) is 10.6. The summed E-state index contributed by atoms with van der Waals surface area (Å²) in [6.45, 7) is 1.17. The van der Waals surface area contributed by atoms with Crippen molar-refractivity contribution in [2.75, 3.05) is 6.79 Å². The first-order chi connectivity index (χ1) is 8.97. The summed E-state index contributed by atoms with van der Waals surface area (Å²) >= 11 is 5.75. The molecule has 5 nitrogen and oxygen atoms in total. The summed E-state index contributed by atoms with van der Waals surface area (Å²) in [6.07, 6.45) is -1.47. The van der Waals surface area contributed by atoms with Gasteiger partial charge < -0.3 is 14.6 Å². The zero-order valence-electron chi connectivity index (χ0n) is 9.81. The van der Waals surface area contributed by atoms with Crippen LogP contribution in [0.1, 0.15) is 5.69 Å². The average molecular weight is 286 g/mol. The predicted octanol–water partition coefficient (Wildman–Crippen LogP) is 3.37. The lowest BCUT2D eigenvalue weighted by atomic mass is 10.1. The van der Waals surface area contributed by atoms with Gasteiger partial charge in [-0.25, -0.2) is 9.18 Å². The highest BCUT2D eigenvalue weighted by atomic mass is 35.5. The van der Waals surface area contributed by atoms with Crippen molar-refractivity contribution in [2.24, 2.45) is 0 Å². The van der Waals surface area contributed by atoms with E-state index in [2.05, 4.69) is 9.72 Å². The summed E-state index contributed by atoms with van der Waals surface area (Å²) in [6, 6.07) is 4.12. The van der Waals surface area contributed by atoms with Crippen molar-refractivity contribution in [3.05, 3.63) is 34.7 Å². The quantitative estimate of drug-likeness (QED) is 0.692. The van der Waals surface area contributed by atoms with Gasteiger partial charge in [0.1, 0.15) is 11.6 Å². The molecule has 2 rings (SSSR count). The number of hydrogen-bond acceptors (Lipinski definition) is 4. The molecule has 0 aliphatic rings. The molecule has 1 aromatic carbocycles. The van der Waals surface area contributed by atoms with E-state index in [0.717, 1.165) is 6.07 Å². The number of benzene rings is 1. The smallest absolute Gasteiger partial charge is 0.456 e. The van der Waals surface area contributed by atoms with Crippen LogP contribution in [0.2, 0.25) is 5.02 Å². The van der Waals surface area contributed by atoms with Gasteiger partial charge in [0, 0.05) is 16.8 Å². The molecule has 0 spiro atoms. The van der Waals surface area contributed by atoms with Crippen LogP contribution in [0.15, 0.2) is 18.2 Å². The monoisotopic (exact) mass is 285 g/mol. The van der Waals surface area contributed by atoms with E-state index in [-0.39, 0.29) is 16.2 Å². The van der Waals surface area contributed by atoms with E-state index in [0.29, 0.717) is 11.2 Å². The average Bonchev–Trinajstić information content (AvgIpc) is 2.26. The number of aromatic nitrogens is 1. The zero-order chi connectivity index (χ0) is 14.0. The Kier molecular flexibility index (Phi) is 3.71. The molecule has 0 bridgehead atoms. The molecule has 0 amide bonds. The van der Waals surface area contributed by atoms with Crippen LogP contribution in [0, 0.1) is 12.7 Å². The van der Waals surface area contributed by atoms with Crippen LogP contribution < -0.4 is 4.74 Å². The second kappa shape index (κ2) is 5.27. The van der Waals surface area contributed by atoms with Crippen molar-refractivity contribution in [1.82, 2.24) is 4.98 Å². The van der Waals surface area contributed by atoms with Crippen LogP contribution in [0.4, 0.5) is 9.18 Å². The second-order valence-corrected chi connectivity index (χ2v) is 4.15. The molecule has 0 fully saturated rings. The fourth-order valence-corrected chi connectivity index (χ4v) is 1.83. The number of hydrogen-bond donors (Lipinski definition) is 1. The molecule has 1 heterocycles. The topological polar surface area (TPSA) is 68.7 Å². The fraction of sp³-hybridized carbons (Fsp3) is 0.167. The Morgan fingerprint density at radius 3 is 2.89 bits per heavy atom. The maximum absolute atomic E-state index is 13.9. The Hall–Kier alpha value is -2.08. The van der Waals surface area contributed by atoms with Crippen LogP contribution in [0.3, 0.4) is 0 Å². The Bertz CT molecular complexity index is 642. The summed E-state index contributed by atoms with van der Waals surface area (Å²) in [4.78, 5) is 14.4. The summed E-state index contributed by atoms with van der Waals surface area (Å²) < 4.78 is 23.2. The molecule has 0 radical (unpaired) electrons. The van der Waals surface area contributed by atoms with Crippen molar-refractivity contribution in [2.45, 2.75) is 6.92 Å². The van der Waals surface area contributed by atoms with E-state index in [1.54, 1.807) is 6.92 Å². The molecule has 1 N–H and O–H groups in total. The third-order valence-electron chi connectivity index (χ3n) is 2.31. The van der Waals surface area contributed by atoms with Crippen molar-refractivity contribution < 1.29 is 23.8 Å². The van der Waals surface area contributed by atoms with Crippen molar-refractivity contribution in [3.8, 4) is 5.75 Å². The van der Waals surface area contributed by atoms with Crippen LogP contribution in [0.5, 0.6) is 5.75 Å². The minimum absolute atomic E-state index is 0.129. The van der Waals surface area contributed by atoms with Gasteiger partial charge in [-0.05, 0) is 19.1 Å². The molecule has 0 aliphatic carbocycles. The van der Waals surface area contributed by atoms with E-state index in [1.165, 1.54) is 12.1 Å². The van der Waals surface area contributed by atoms with Gasteiger partial charge in [0.05, 0.1) is 10.9 Å². The van der Waals surface area contributed by atoms with Crippen molar-refractivity contribution in [1.29, 1.82) is 0 Å². The molecule has 19 heavy (non-hydrogen) atoms. The molecule has 100 valence electrons. The van der Waals surface area contributed by atoms with Gasteiger partial charge >= 0.3 is 6.16 Å². The van der Waals surface area contributed by atoms with Crippen LogP contribution in [-0.4, -0.2) is 23.0 Å². The first-order valence-electron chi connectivity index (χ1n) is 5.22. The molecular formula is C12H9ClFNO4. The first-order valence-corrected chi connectivity index (χ1v) is 5.60. The number of nitrogens with zero attached hydrogens (tertiary/aromatic N) is 1. The van der Waals surface area contributed by atoms with Crippen LogP contribution in [0.25, 0.3) is 10.9 Å². The van der Waals surface area contributed by atoms with E-state index < -0.39 is 18.8 Å². The Morgan fingerprint density at radius 2 is 2.21 bits per heavy atom. The number of halogens is 2. The highest BCUT2D eigenvalue weighted by Crippen LogP contribution is 2.30. The SMILES string of the molecule is Cc1cc(OCOC(=O)O)c2c(F)cc(Cl)cc2n1. The third-order valence-corrected chi connectivity index (χ3v) is 2.53. The van der Waals surface area contributed by atoms with E-state index >= 15 is 0 Å². The first kappa shape index (κ1) is 13.4. The standard InChI is InChI=1S/C12H9ClFNO4/c1-6-2-10(18-5-19-12(16)17)11-8(14)3-7(13)4-9(11)15-6/h2-4H,5H2,1H3,(H,16,17). The van der Waals surface area contributed by atoms with E-state index in [1.807, 2.05) is 0 Å². The number of ether oxygens (including phenoxy) is 2. The molecular weight excluding hydrogens is 277 g/mol. The van der Waals surface area contributed by atoms with Crippen molar-refractivity contribution >= 4 is 28.7 Å². The number of fused-ring (bicyclic) bond motifs is 1. The third kappa shape index (κ3) is 3.03. The van der Waals surface area contributed by atoms with Gasteiger partial charge in [-0.2, -0.15) is 0 Å². The van der Waals surface area contributed by atoms with Gasteiger partial charge in [-0.1, -0.05) is 11.6 Å². The lowest BCUT2D eigenvalue weighted by Crippen LogP contribution is -2.08. The molecule has 2 aromatic rings. The molecule has 7 heteroatoms. The minimum Gasteiger partial charge on any atom is -0.456 e. The molecule has 0 saturated carbocycles. The maximum Gasteiger partial charge on any atom is 0.508 e. The summed E-state index contributed by atoms with van der Waals surface area (Å²) in [5.41, 5.74) is 0.912. The number of carboxylic acid groups (broad SMARTS) is 1. The number of pyridine rings is 1. The Morgan fingerprint density at radius 1 is 1.47 bits per heavy atom. The van der Waals surface area contributed by atoms with Gasteiger partial charge in [-0.15, -0.1) is 0 Å². The van der Waals surface area contributed by atoms with E-state index in [9.17, 15) is 9.18 Å². The molecule has 0 atom stereocenters. The summed E-state index contributed by atoms with van der Waals surface area (Å²) in [7, 11) is 0. The normalized spacial score (nSPS) is 10.5. The molecule has 1 aromatic heterocycles. The fourth-order valence-electron chi connectivity index (χ4n) is 1.63. The van der Waals surface area contributed by atoms with Crippen molar-refractivity contribution in [3.63, 3.8) is 0 Å². The molecule has 0 saturated heterocycles. The molecule has 0 unspecified atom stereocenters. The predicted molar refractivity (Wildman–Crippen MR) is 66.1 cm³/mol. The Labute approximate surface area is 112 Å². The number of carbonyl (C=O) groups is 1. The number of aryl methyl sites for hydroxylation is 1. The minimum atomic E-state index is -1.47. The maximum atomic E-state index is 13.9. The molecule has 0 aliphatic heterocycles. The van der Waals surface area contributed by atoms with Crippen LogP contribution in [-0.2, 0) is 4.74 Å². The Balaban J connectivity index is 2.44. The lowest BCUT2D eigenvalue weighted by molar-refractivity contribution is 0.0266. The van der Waals surface area contributed by atoms with Gasteiger partial charge in [0.15, 0.2) is 0 Å². The second-order valence-electron chi connectivity index (χ2n) is 3.72. The summed E-state index contributed by atoms with van der Waals surface area (Å²) in [5, 5.41) is 8.69. The highest BCUT2D eigenvalue weighted by molar-refractivity contribution is 6.31. The number of rotatable bonds is 3. The van der Waals surface area contributed by atoms with E-state index in [4.69, 9.17) is 21.4 Å². The largest absolute Gasteiger partial charge is 0.508 e.